The fourth-order valence-electron chi connectivity index (χ4n) is 4.61. The van der Waals surface area contributed by atoms with Crippen molar-refractivity contribution in [3.63, 3.8) is 0 Å². The van der Waals surface area contributed by atoms with Crippen molar-refractivity contribution in [1.29, 1.82) is 0 Å². The summed E-state index contributed by atoms with van der Waals surface area (Å²) in [7, 11) is 0. The Balaban J connectivity index is 2.09. The minimum Gasteiger partial charge on any atom is -0.340 e. The molecule has 0 aromatic rings. The van der Waals surface area contributed by atoms with Crippen molar-refractivity contribution in [1.82, 2.24) is 0 Å². The highest BCUT2D eigenvalue weighted by molar-refractivity contribution is 5.38. The fraction of sp³-hybridized carbons (Fsp3) is 0.875. The third-order valence-corrected chi connectivity index (χ3v) is 5.63. The second-order valence-corrected chi connectivity index (χ2v) is 7.80. The Hall–Kier alpha value is -0.340. The highest BCUT2D eigenvalue weighted by atomic mass is 16.8. The molecule has 3 rings (SSSR count). The van der Waals surface area contributed by atoms with E-state index in [0.29, 0.717) is 0 Å². The maximum atomic E-state index is 6.35. The summed E-state index contributed by atoms with van der Waals surface area (Å²) in [5, 5.41) is 0. The van der Waals surface area contributed by atoms with Crippen molar-refractivity contribution in [2.75, 3.05) is 0 Å². The van der Waals surface area contributed by atoms with E-state index < -0.39 is 5.79 Å². The molecule has 0 aromatic heterocycles. The van der Waals surface area contributed by atoms with E-state index in [1.54, 1.807) is 5.57 Å². The average Bonchev–Trinajstić information content (AvgIpc) is 2.53. The molecule has 0 amide bonds. The molecule has 3 unspecified atom stereocenters. The molecule has 102 valence electrons. The predicted molar refractivity (Wildman–Crippen MR) is 72.3 cm³/mol. The summed E-state index contributed by atoms with van der Waals surface area (Å²) in [6, 6.07) is 0. The summed E-state index contributed by atoms with van der Waals surface area (Å²) in [6.07, 6.45) is 6.26. The van der Waals surface area contributed by atoms with Crippen molar-refractivity contribution < 1.29 is 9.47 Å². The zero-order valence-electron chi connectivity index (χ0n) is 12.6. The van der Waals surface area contributed by atoms with Crippen LogP contribution in [-0.4, -0.2) is 17.5 Å². The maximum absolute atomic E-state index is 6.35. The topological polar surface area (TPSA) is 18.5 Å². The van der Waals surface area contributed by atoms with Gasteiger partial charge < -0.3 is 9.47 Å². The van der Waals surface area contributed by atoms with Gasteiger partial charge in [0.2, 0.25) is 0 Å². The van der Waals surface area contributed by atoms with Crippen LogP contribution in [0.15, 0.2) is 11.6 Å². The Morgan fingerprint density at radius 1 is 1.06 bits per heavy atom. The van der Waals surface area contributed by atoms with Crippen LogP contribution in [0.3, 0.4) is 0 Å². The summed E-state index contributed by atoms with van der Waals surface area (Å²) >= 11 is 0. The molecule has 3 aliphatic rings. The smallest absolute Gasteiger partial charge is 0.164 e. The van der Waals surface area contributed by atoms with Gasteiger partial charge in [-0.1, -0.05) is 38.8 Å². The molecule has 0 radical (unpaired) electrons. The minimum atomic E-state index is -0.452. The van der Waals surface area contributed by atoms with E-state index in [1.807, 2.05) is 13.8 Å². The van der Waals surface area contributed by atoms with Gasteiger partial charge in [0.05, 0.1) is 0 Å². The van der Waals surface area contributed by atoms with Gasteiger partial charge in [-0.25, -0.2) is 0 Å². The summed E-state index contributed by atoms with van der Waals surface area (Å²) in [6.45, 7) is 13.4. The SMILES string of the molecule is CC1(C)OC2C=C3C(C)(C)CCCC3(C)C2(C)O1. The summed E-state index contributed by atoms with van der Waals surface area (Å²) in [5.41, 5.74) is 1.79. The van der Waals surface area contributed by atoms with Gasteiger partial charge in [0.15, 0.2) is 5.79 Å². The molecule has 1 aliphatic heterocycles. The van der Waals surface area contributed by atoms with Gasteiger partial charge in [-0.05, 0) is 39.0 Å². The van der Waals surface area contributed by atoms with E-state index >= 15 is 0 Å². The van der Waals surface area contributed by atoms with Crippen LogP contribution in [0.4, 0.5) is 0 Å². The molecule has 0 bridgehead atoms. The van der Waals surface area contributed by atoms with Crippen molar-refractivity contribution >= 4 is 0 Å². The van der Waals surface area contributed by atoms with Crippen molar-refractivity contribution in [3.05, 3.63) is 11.6 Å². The van der Waals surface area contributed by atoms with Gasteiger partial charge >= 0.3 is 0 Å². The Bertz CT molecular complexity index is 421. The van der Waals surface area contributed by atoms with Crippen LogP contribution in [0.5, 0.6) is 0 Å². The van der Waals surface area contributed by atoms with E-state index in [0.717, 1.165) is 0 Å². The molecule has 3 atom stereocenters. The number of hydrogen-bond donors (Lipinski definition) is 0. The normalized spacial score (nSPS) is 48.6. The predicted octanol–water partition coefficient (Wildman–Crippen LogP) is 4.05. The first-order chi connectivity index (χ1) is 8.11. The molecule has 2 heteroatoms. The van der Waals surface area contributed by atoms with Crippen LogP contribution in [0.2, 0.25) is 0 Å². The Labute approximate surface area is 111 Å². The third kappa shape index (κ3) is 1.36. The van der Waals surface area contributed by atoms with Crippen molar-refractivity contribution in [3.8, 4) is 0 Å². The molecular weight excluding hydrogens is 224 g/mol. The monoisotopic (exact) mass is 250 g/mol. The lowest BCUT2D eigenvalue weighted by molar-refractivity contribution is -0.183. The lowest BCUT2D eigenvalue weighted by Gasteiger charge is -2.50. The summed E-state index contributed by atoms with van der Waals surface area (Å²) in [4.78, 5) is 0. The van der Waals surface area contributed by atoms with E-state index in [-0.39, 0.29) is 22.5 Å². The fourth-order valence-corrected chi connectivity index (χ4v) is 4.61. The first kappa shape index (κ1) is 12.7. The summed E-state index contributed by atoms with van der Waals surface area (Å²) in [5.74, 6) is -0.452. The van der Waals surface area contributed by atoms with Crippen LogP contribution >= 0.6 is 0 Å². The second kappa shape index (κ2) is 3.21. The lowest BCUT2D eigenvalue weighted by Crippen LogP contribution is -2.51. The van der Waals surface area contributed by atoms with Crippen LogP contribution in [-0.2, 0) is 9.47 Å². The molecule has 1 saturated carbocycles. The Kier molecular flexibility index (Phi) is 2.26. The molecule has 2 aliphatic carbocycles. The van der Waals surface area contributed by atoms with Gasteiger partial charge in [0.25, 0.3) is 0 Å². The molecule has 1 heterocycles. The van der Waals surface area contributed by atoms with Gasteiger partial charge in [0.1, 0.15) is 11.7 Å². The van der Waals surface area contributed by atoms with Gasteiger partial charge in [-0.15, -0.1) is 0 Å². The summed E-state index contributed by atoms with van der Waals surface area (Å²) < 4.78 is 12.5. The highest BCUT2D eigenvalue weighted by Crippen LogP contribution is 2.64. The molecule has 0 spiro atoms. The quantitative estimate of drug-likeness (QED) is 0.604. The first-order valence-corrected chi connectivity index (χ1v) is 7.22. The molecule has 2 fully saturated rings. The van der Waals surface area contributed by atoms with E-state index in [1.165, 1.54) is 19.3 Å². The van der Waals surface area contributed by atoms with Crippen LogP contribution in [0.25, 0.3) is 0 Å². The van der Waals surface area contributed by atoms with Crippen LogP contribution in [0.1, 0.15) is 60.8 Å². The third-order valence-electron chi connectivity index (χ3n) is 5.63. The largest absolute Gasteiger partial charge is 0.340 e. The van der Waals surface area contributed by atoms with Crippen molar-refractivity contribution in [2.45, 2.75) is 78.3 Å². The number of hydrogen-bond acceptors (Lipinski definition) is 2. The van der Waals surface area contributed by atoms with E-state index in [2.05, 4.69) is 33.8 Å². The zero-order valence-corrected chi connectivity index (χ0v) is 12.6. The molecule has 0 N–H and O–H groups in total. The first-order valence-electron chi connectivity index (χ1n) is 7.22. The zero-order chi connectivity index (χ0) is 13.4. The van der Waals surface area contributed by atoms with Gasteiger partial charge in [0, 0.05) is 5.41 Å². The van der Waals surface area contributed by atoms with Crippen LogP contribution < -0.4 is 0 Å². The molecule has 1 saturated heterocycles. The van der Waals surface area contributed by atoms with E-state index in [9.17, 15) is 0 Å². The number of fused-ring (bicyclic) bond motifs is 3. The molecular formula is C16H26O2. The molecule has 0 aromatic carbocycles. The molecule has 18 heavy (non-hydrogen) atoms. The van der Waals surface area contributed by atoms with Crippen molar-refractivity contribution in [2.24, 2.45) is 10.8 Å². The Morgan fingerprint density at radius 2 is 1.72 bits per heavy atom. The maximum Gasteiger partial charge on any atom is 0.164 e. The van der Waals surface area contributed by atoms with Crippen LogP contribution in [0, 0.1) is 10.8 Å². The van der Waals surface area contributed by atoms with Gasteiger partial charge in [-0.3, -0.25) is 0 Å². The van der Waals surface area contributed by atoms with Gasteiger partial charge in [-0.2, -0.15) is 0 Å². The second-order valence-electron chi connectivity index (χ2n) is 7.80. The molecule has 2 nitrogen and oxygen atoms in total. The minimum absolute atomic E-state index is 0.116. The van der Waals surface area contributed by atoms with E-state index in [4.69, 9.17) is 9.47 Å². The Morgan fingerprint density at radius 3 is 2.39 bits per heavy atom. The highest BCUT2D eigenvalue weighted by Gasteiger charge is 2.66. The number of rotatable bonds is 0. The average molecular weight is 250 g/mol. The lowest BCUT2D eigenvalue weighted by atomic mass is 9.57. The standard InChI is InChI=1S/C16H26O2/c1-13(2)8-7-9-15(5)11(13)10-12-16(15,6)18-14(3,4)17-12/h10,12H,7-9H2,1-6H3. The number of ether oxygens (including phenoxy) is 2.